The van der Waals surface area contributed by atoms with Crippen molar-refractivity contribution in [3.8, 4) is 0 Å². The number of carbonyl (C=O) groups is 2. The molecule has 0 spiro atoms. The second-order valence-electron chi connectivity index (χ2n) is 4.41. The molecular weight excluding hydrogens is 286 g/mol. The zero-order valence-electron chi connectivity index (χ0n) is 12.5. The number of esters is 1. The molecule has 0 radical (unpaired) electrons. The molecule has 5 heteroatoms. The molecule has 0 bridgehead atoms. The van der Waals surface area contributed by atoms with Gasteiger partial charge in [0.15, 0.2) is 0 Å². The summed E-state index contributed by atoms with van der Waals surface area (Å²) in [6, 6.07) is 7.46. The second kappa shape index (κ2) is 9.23. The number of nitrogens with zero attached hydrogens (tertiary/aromatic N) is 1. The standard InChI is InChI=1S/C16H21NO3S/c1-4-9-17(11-15(18)20-5-2)16(19)14-8-6-7-13(10-14)12-21-3/h4,6-8,10H,1,5,9,11-12H2,2-3H3. The van der Waals surface area contributed by atoms with E-state index < -0.39 is 5.97 Å². The highest BCUT2D eigenvalue weighted by Crippen LogP contribution is 2.13. The number of thioether (sulfide) groups is 1. The van der Waals surface area contributed by atoms with Crippen LogP contribution >= 0.6 is 11.8 Å². The maximum Gasteiger partial charge on any atom is 0.325 e. The number of rotatable bonds is 8. The Kier molecular flexibility index (Phi) is 7.61. The SMILES string of the molecule is C=CCN(CC(=O)OCC)C(=O)c1cccc(CSC)c1. The fraction of sp³-hybridized carbons (Fsp3) is 0.375. The van der Waals surface area contributed by atoms with Crippen LogP contribution in [0.2, 0.25) is 0 Å². The van der Waals surface area contributed by atoms with Crippen LogP contribution in [0.25, 0.3) is 0 Å². The van der Waals surface area contributed by atoms with Gasteiger partial charge in [-0.05, 0) is 30.9 Å². The fourth-order valence-corrected chi connectivity index (χ4v) is 2.39. The van der Waals surface area contributed by atoms with Gasteiger partial charge in [-0.25, -0.2) is 0 Å². The summed E-state index contributed by atoms with van der Waals surface area (Å²) in [6.45, 7) is 5.92. The van der Waals surface area contributed by atoms with Crippen molar-refractivity contribution < 1.29 is 14.3 Å². The summed E-state index contributed by atoms with van der Waals surface area (Å²) >= 11 is 1.70. The monoisotopic (exact) mass is 307 g/mol. The highest BCUT2D eigenvalue weighted by atomic mass is 32.2. The van der Waals surface area contributed by atoms with Gasteiger partial charge in [-0.1, -0.05) is 18.2 Å². The first-order valence-corrected chi connectivity index (χ1v) is 8.15. The van der Waals surface area contributed by atoms with E-state index in [1.165, 1.54) is 4.90 Å². The molecule has 0 unspecified atom stereocenters. The Morgan fingerprint density at radius 3 is 2.81 bits per heavy atom. The molecule has 0 heterocycles. The lowest BCUT2D eigenvalue weighted by molar-refractivity contribution is -0.143. The van der Waals surface area contributed by atoms with E-state index >= 15 is 0 Å². The molecular formula is C16H21NO3S. The van der Waals surface area contributed by atoms with E-state index in [1.807, 2.05) is 24.5 Å². The van der Waals surface area contributed by atoms with Crippen LogP contribution in [0.3, 0.4) is 0 Å². The number of benzene rings is 1. The molecule has 1 aromatic rings. The van der Waals surface area contributed by atoms with Gasteiger partial charge in [0.2, 0.25) is 0 Å². The number of ether oxygens (including phenoxy) is 1. The summed E-state index contributed by atoms with van der Waals surface area (Å²) in [6.07, 6.45) is 3.61. The van der Waals surface area contributed by atoms with E-state index in [2.05, 4.69) is 6.58 Å². The Bertz CT molecular complexity index is 502. The van der Waals surface area contributed by atoms with Crippen LogP contribution in [0.5, 0.6) is 0 Å². The third-order valence-electron chi connectivity index (χ3n) is 2.75. The number of hydrogen-bond donors (Lipinski definition) is 0. The summed E-state index contributed by atoms with van der Waals surface area (Å²) < 4.78 is 4.90. The van der Waals surface area contributed by atoms with Crippen molar-refractivity contribution in [2.24, 2.45) is 0 Å². The quantitative estimate of drug-likeness (QED) is 0.547. The van der Waals surface area contributed by atoms with Gasteiger partial charge < -0.3 is 9.64 Å². The molecule has 0 N–H and O–H groups in total. The largest absolute Gasteiger partial charge is 0.465 e. The lowest BCUT2D eigenvalue weighted by atomic mass is 10.1. The minimum atomic E-state index is -0.409. The summed E-state index contributed by atoms with van der Waals surface area (Å²) in [5.74, 6) is 0.249. The fourth-order valence-electron chi connectivity index (χ4n) is 1.88. The van der Waals surface area contributed by atoms with E-state index in [0.717, 1.165) is 11.3 Å². The average Bonchev–Trinajstić information content (AvgIpc) is 2.47. The lowest BCUT2D eigenvalue weighted by Crippen LogP contribution is -2.36. The molecule has 0 aliphatic carbocycles. The molecule has 0 aromatic heterocycles. The van der Waals surface area contributed by atoms with Crippen LogP contribution in [0, 0.1) is 0 Å². The van der Waals surface area contributed by atoms with Crippen molar-refractivity contribution in [3.05, 3.63) is 48.0 Å². The van der Waals surface area contributed by atoms with Crippen LogP contribution in [0.4, 0.5) is 0 Å². The smallest absolute Gasteiger partial charge is 0.325 e. The highest BCUT2D eigenvalue weighted by Gasteiger charge is 2.18. The van der Waals surface area contributed by atoms with Crippen molar-refractivity contribution in [2.45, 2.75) is 12.7 Å². The Labute approximate surface area is 130 Å². The molecule has 0 saturated heterocycles. The third-order valence-corrected chi connectivity index (χ3v) is 3.37. The van der Waals surface area contributed by atoms with Gasteiger partial charge in [-0.3, -0.25) is 9.59 Å². The summed E-state index contributed by atoms with van der Waals surface area (Å²) in [7, 11) is 0. The van der Waals surface area contributed by atoms with Crippen LogP contribution in [0.1, 0.15) is 22.8 Å². The molecule has 1 aromatic carbocycles. The van der Waals surface area contributed by atoms with Crippen molar-refractivity contribution in [3.63, 3.8) is 0 Å². The Morgan fingerprint density at radius 2 is 2.19 bits per heavy atom. The molecule has 1 amide bonds. The first-order valence-electron chi connectivity index (χ1n) is 6.76. The number of amides is 1. The molecule has 0 aliphatic heterocycles. The summed E-state index contributed by atoms with van der Waals surface area (Å²) in [4.78, 5) is 25.5. The number of carbonyl (C=O) groups excluding carboxylic acids is 2. The zero-order chi connectivity index (χ0) is 15.7. The first kappa shape index (κ1) is 17.3. The topological polar surface area (TPSA) is 46.6 Å². The maximum absolute atomic E-state index is 12.5. The van der Waals surface area contributed by atoms with Crippen molar-refractivity contribution in [1.29, 1.82) is 0 Å². The predicted octanol–water partition coefficient (Wildman–Crippen LogP) is 2.74. The van der Waals surface area contributed by atoms with E-state index in [-0.39, 0.29) is 12.5 Å². The predicted molar refractivity (Wildman–Crippen MR) is 86.4 cm³/mol. The average molecular weight is 307 g/mol. The molecule has 0 fully saturated rings. The molecule has 4 nitrogen and oxygen atoms in total. The molecule has 21 heavy (non-hydrogen) atoms. The Morgan fingerprint density at radius 1 is 1.43 bits per heavy atom. The van der Waals surface area contributed by atoms with Crippen LogP contribution in [0.15, 0.2) is 36.9 Å². The van der Waals surface area contributed by atoms with Gasteiger partial charge in [0.1, 0.15) is 6.54 Å². The van der Waals surface area contributed by atoms with Crippen LogP contribution in [-0.4, -0.2) is 42.7 Å². The normalized spacial score (nSPS) is 10.0. The molecule has 114 valence electrons. The van der Waals surface area contributed by atoms with Gasteiger partial charge >= 0.3 is 5.97 Å². The van der Waals surface area contributed by atoms with Crippen molar-refractivity contribution in [2.75, 3.05) is 26.0 Å². The van der Waals surface area contributed by atoms with Gasteiger partial charge in [0.05, 0.1) is 6.61 Å². The van der Waals surface area contributed by atoms with Crippen LogP contribution in [-0.2, 0) is 15.3 Å². The van der Waals surface area contributed by atoms with E-state index in [4.69, 9.17) is 4.74 Å². The number of hydrogen-bond acceptors (Lipinski definition) is 4. The minimum absolute atomic E-state index is 0.0640. The van der Waals surface area contributed by atoms with E-state index in [0.29, 0.717) is 18.7 Å². The zero-order valence-corrected chi connectivity index (χ0v) is 13.3. The van der Waals surface area contributed by atoms with Gasteiger partial charge in [-0.2, -0.15) is 11.8 Å². The molecule has 0 aliphatic rings. The summed E-state index contributed by atoms with van der Waals surface area (Å²) in [5.41, 5.74) is 1.66. The minimum Gasteiger partial charge on any atom is -0.465 e. The lowest BCUT2D eigenvalue weighted by Gasteiger charge is -2.20. The van der Waals surface area contributed by atoms with Crippen molar-refractivity contribution >= 4 is 23.6 Å². The van der Waals surface area contributed by atoms with Crippen molar-refractivity contribution in [1.82, 2.24) is 4.90 Å². The molecule has 0 saturated carbocycles. The summed E-state index contributed by atoms with van der Waals surface area (Å²) in [5, 5.41) is 0. The molecule has 1 rings (SSSR count). The van der Waals surface area contributed by atoms with Gasteiger partial charge in [0, 0.05) is 17.9 Å². The third kappa shape index (κ3) is 5.63. The maximum atomic E-state index is 12.5. The van der Waals surface area contributed by atoms with Crippen LogP contribution < -0.4 is 0 Å². The van der Waals surface area contributed by atoms with Gasteiger partial charge in [-0.15, -0.1) is 6.58 Å². The first-order chi connectivity index (χ1) is 10.1. The Hall–Kier alpha value is -1.75. The van der Waals surface area contributed by atoms with E-state index in [1.54, 1.807) is 30.8 Å². The highest BCUT2D eigenvalue weighted by molar-refractivity contribution is 7.97. The Balaban J connectivity index is 2.86. The van der Waals surface area contributed by atoms with E-state index in [9.17, 15) is 9.59 Å². The second-order valence-corrected chi connectivity index (χ2v) is 5.28. The molecule has 0 atom stereocenters. The van der Waals surface area contributed by atoms with Gasteiger partial charge in [0.25, 0.3) is 5.91 Å².